The number of ether oxygens (including phenoxy) is 1. The third-order valence-corrected chi connectivity index (χ3v) is 5.38. The Balaban J connectivity index is 1.68. The fourth-order valence-corrected chi connectivity index (χ4v) is 3.39. The first kappa shape index (κ1) is 23.5. The fraction of sp³-hybridized carbons (Fsp3) is 0.400. The van der Waals surface area contributed by atoms with E-state index in [4.69, 9.17) is 10.5 Å². The Bertz CT molecular complexity index is 981. The summed E-state index contributed by atoms with van der Waals surface area (Å²) in [7, 11) is 0. The van der Waals surface area contributed by atoms with Gasteiger partial charge in [-0.3, -0.25) is 14.4 Å². The molecule has 0 radical (unpaired) electrons. The second kappa shape index (κ2) is 9.96. The molecule has 2 aromatic carbocycles. The van der Waals surface area contributed by atoms with Crippen LogP contribution >= 0.6 is 0 Å². The molecule has 1 aliphatic carbocycles. The average Bonchev–Trinajstić information content (AvgIpc) is 3.59. The van der Waals surface area contributed by atoms with Crippen molar-refractivity contribution >= 4 is 23.5 Å². The highest BCUT2D eigenvalue weighted by molar-refractivity contribution is 6.06. The molecule has 2 aromatic rings. The van der Waals surface area contributed by atoms with Crippen LogP contribution in [0.1, 0.15) is 49.5 Å². The van der Waals surface area contributed by atoms with Crippen LogP contribution in [-0.2, 0) is 16.1 Å². The highest BCUT2D eigenvalue weighted by Crippen LogP contribution is 2.32. The number of esters is 1. The summed E-state index contributed by atoms with van der Waals surface area (Å²) >= 11 is 0. The van der Waals surface area contributed by atoms with Crippen molar-refractivity contribution in [2.45, 2.75) is 40.2 Å². The standard InChI is InChI=1S/C25H31N3O4/c1-17(29)32-22-7-5-4-6-21(22)23(30)27-20-12-8-18(9-13-20)14-28(16-25(2,3)15-26)24(31)19-10-11-19/h4-9,12-13,19H,10-11,14-16,26H2,1-3H3,(H,27,30). The second-order valence-electron chi connectivity index (χ2n) is 9.08. The predicted molar refractivity (Wildman–Crippen MR) is 123 cm³/mol. The largest absolute Gasteiger partial charge is 0.426 e. The molecule has 170 valence electrons. The van der Waals surface area contributed by atoms with Crippen molar-refractivity contribution in [3.8, 4) is 5.75 Å². The van der Waals surface area contributed by atoms with E-state index in [-0.39, 0.29) is 34.5 Å². The normalized spacial score (nSPS) is 13.4. The maximum absolute atomic E-state index is 12.8. The van der Waals surface area contributed by atoms with Gasteiger partial charge in [-0.2, -0.15) is 0 Å². The van der Waals surface area contributed by atoms with Crippen molar-refractivity contribution in [3.63, 3.8) is 0 Å². The zero-order valence-electron chi connectivity index (χ0n) is 18.9. The first-order valence-electron chi connectivity index (χ1n) is 10.8. The van der Waals surface area contributed by atoms with Crippen molar-refractivity contribution in [1.82, 2.24) is 4.90 Å². The summed E-state index contributed by atoms with van der Waals surface area (Å²) in [6.07, 6.45) is 1.91. The van der Waals surface area contributed by atoms with Gasteiger partial charge in [0.2, 0.25) is 5.91 Å². The third kappa shape index (κ3) is 6.40. The molecule has 1 aliphatic rings. The summed E-state index contributed by atoms with van der Waals surface area (Å²) in [6, 6.07) is 14.0. The van der Waals surface area contributed by atoms with E-state index >= 15 is 0 Å². The van der Waals surface area contributed by atoms with Crippen LogP contribution < -0.4 is 15.8 Å². The molecule has 0 unspecified atom stereocenters. The number of carbonyl (C=O) groups is 3. The van der Waals surface area contributed by atoms with Gasteiger partial charge in [0.25, 0.3) is 5.91 Å². The summed E-state index contributed by atoms with van der Waals surface area (Å²) in [5.74, 6) is -0.321. The minimum absolute atomic E-state index is 0.138. The molecule has 0 spiro atoms. The summed E-state index contributed by atoms with van der Waals surface area (Å²) in [6.45, 7) is 7.02. The Morgan fingerprint density at radius 1 is 1.09 bits per heavy atom. The Hall–Kier alpha value is -3.19. The lowest BCUT2D eigenvalue weighted by Gasteiger charge is -2.32. The zero-order valence-corrected chi connectivity index (χ0v) is 18.9. The van der Waals surface area contributed by atoms with E-state index in [2.05, 4.69) is 19.2 Å². The molecule has 0 heterocycles. The van der Waals surface area contributed by atoms with Crippen LogP contribution in [0.25, 0.3) is 0 Å². The monoisotopic (exact) mass is 437 g/mol. The molecule has 32 heavy (non-hydrogen) atoms. The van der Waals surface area contributed by atoms with Gasteiger partial charge in [0.05, 0.1) is 5.56 Å². The number of para-hydroxylation sites is 1. The molecule has 0 aromatic heterocycles. The lowest BCUT2D eigenvalue weighted by molar-refractivity contribution is -0.134. The number of hydrogen-bond donors (Lipinski definition) is 2. The van der Waals surface area contributed by atoms with Crippen LogP contribution in [0.3, 0.4) is 0 Å². The molecular formula is C25H31N3O4. The lowest BCUT2D eigenvalue weighted by atomic mass is 9.92. The third-order valence-electron chi connectivity index (χ3n) is 5.38. The summed E-state index contributed by atoms with van der Waals surface area (Å²) in [5, 5.41) is 2.82. The number of nitrogens with zero attached hydrogens (tertiary/aromatic N) is 1. The zero-order chi connectivity index (χ0) is 23.3. The van der Waals surface area contributed by atoms with Crippen LogP contribution in [0.2, 0.25) is 0 Å². The molecule has 1 fully saturated rings. The highest BCUT2D eigenvalue weighted by Gasteiger charge is 2.35. The molecule has 1 saturated carbocycles. The topological polar surface area (TPSA) is 102 Å². The quantitative estimate of drug-likeness (QED) is 0.461. The molecule has 0 saturated heterocycles. The minimum Gasteiger partial charge on any atom is -0.426 e. The summed E-state index contributed by atoms with van der Waals surface area (Å²) in [4.78, 5) is 38.6. The van der Waals surface area contributed by atoms with Crippen LogP contribution in [0, 0.1) is 11.3 Å². The Labute approximate surface area is 188 Å². The van der Waals surface area contributed by atoms with Gasteiger partial charge in [0.15, 0.2) is 0 Å². The van der Waals surface area contributed by atoms with E-state index in [1.54, 1.807) is 36.4 Å². The van der Waals surface area contributed by atoms with Gasteiger partial charge in [-0.05, 0) is 54.6 Å². The predicted octanol–water partition coefficient (Wildman–Crippen LogP) is 3.59. The smallest absolute Gasteiger partial charge is 0.308 e. The number of rotatable bonds is 9. The molecule has 2 amide bonds. The van der Waals surface area contributed by atoms with Crippen LogP contribution in [0.4, 0.5) is 5.69 Å². The van der Waals surface area contributed by atoms with Gasteiger partial charge < -0.3 is 20.7 Å². The number of carbonyl (C=O) groups excluding carboxylic acids is 3. The number of anilines is 1. The van der Waals surface area contributed by atoms with Gasteiger partial charge >= 0.3 is 5.97 Å². The molecule has 3 N–H and O–H groups in total. The van der Waals surface area contributed by atoms with E-state index in [0.29, 0.717) is 25.3 Å². The Kier molecular flexibility index (Phi) is 7.30. The minimum atomic E-state index is -0.488. The first-order chi connectivity index (χ1) is 15.2. The maximum atomic E-state index is 12.8. The van der Waals surface area contributed by atoms with Crippen LogP contribution in [0.15, 0.2) is 48.5 Å². The van der Waals surface area contributed by atoms with E-state index in [1.807, 2.05) is 17.0 Å². The molecule has 0 aliphatic heterocycles. The average molecular weight is 438 g/mol. The number of hydrogen-bond acceptors (Lipinski definition) is 5. The van der Waals surface area contributed by atoms with E-state index in [9.17, 15) is 14.4 Å². The van der Waals surface area contributed by atoms with Gasteiger partial charge in [-0.15, -0.1) is 0 Å². The molecule has 3 rings (SSSR count). The SMILES string of the molecule is CC(=O)Oc1ccccc1C(=O)Nc1ccc(CN(CC(C)(C)CN)C(=O)C2CC2)cc1. The van der Waals surface area contributed by atoms with Crippen LogP contribution in [0.5, 0.6) is 5.75 Å². The van der Waals surface area contributed by atoms with Gasteiger partial charge in [0, 0.05) is 31.6 Å². The molecule has 7 heteroatoms. The number of amides is 2. The number of nitrogens with one attached hydrogen (secondary N) is 1. The van der Waals surface area contributed by atoms with Crippen molar-refractivity contribution < 1.29 is 19.1 Å². The number of benzene rings is 2. The van der Waals surface area contributed by atoms with Gasteiger partial charge in [0.1, 0.15) is 5.75 Å². The summed E-state index contributed by atoms with van der Waals surface area (Å²) < 4.78 is 5.12. The Morgan fingerprint density at radius 2 is 1.75 bits per heavy atom. The van der Waals surface area contributed by atoms with E-state index in [1.165, 1.54) is 6.92 Å². The Morgan fingerprint density at radius 3 is 2.34 bits per heavy atom. The van der Waals surface area contributed by atoms with Crippen molar-refractivity contribution in [1.29, 1.82) is 0 Å². The van der Waals surface area contributed by atoms with Crippen molar-refractivity contribution in [2.75, 3.05) is 18.4 Å². The highest BCUT2D eigenvalue weighted by atomic mass is 16.5. The lowest BCUT2D eigenvalue weighted by Crippen LogP contribution is -2.42. The van der Waals surface area contributed by atoms with Crippen molar-refractivity contribution in [3.05, 3.63) is 59.7 Å². The molecule has 0 bridgehead atoms. The van der Waals surface area contributed by atoms with E-state index in [0.717, 1.165) is 18.4 Å². The molecular weight excluding hydrogens is 406 g/mol. The summed E-state index contributed by atoms with van der Waals surface area (Å²) in [5.41, 5.74) is 7.59. The van der Waals surface area contributed by atoms with Gasteiger partial charge in [-0.25, -0.2) is 0 Å². The second-order valence-corrected chi connectivity index (χ2v) is 9.08. The first-order valence-corrected chi connectivity index (χ1v) is 10.8. The molecule has 7 nitrogen and oxygen atoms in total. The van der Waals surface area contributed by atoms with Crippen LogP contribution in [-0.4, -0.2) is 35.8 Å². The van der Waals surface area contributed by atoms with Gasteiger partial charge in [-0.1, -0.05) is 38.1 Å². The van der Waals surface area contributed by atoms with Crippen molar-refractivity contribution in [2.24, 2.45) is 17.1 Å². The number of nitrogens with two attached hydrogens (primary N) is 1. The molecule has 0 atom stereocenters. The maximum Gasteiger partial charge on any atom is 0.308 e. The fourth-order valence-electron chi connectivity index (χ4n) is 3.39. The van der Waals surface area contributed by atoms with E-state index < -0.39 is 5.97 Å².